The van der Waals surface area contributed by atoms with E-state index >= 15 is 0 Å². The Morgan fingerprint density at radius 2 is 1.75 bits per heavy atom. The second-order valence-electron chi connectivity index (χ2n) is 6.12. The number of hydrogen-bond donors (Lipinski definition) is 1. The largest absolute Gasteiger partial charge is 0.396 e. The van der Waals surface area contributed by atoms with Crippen LogP contribution in [0.15, 0.2) is 54.6 Å². The molecule has 0 bridgehead atoms. The summed E-state index contributed by atoms with van der Waals surface area (Å²) in [4.78, 5) is 13.1. The molecule has 24 heavy (non-hydrogen) atoms. The van der Waals surface area contributed by atoms with Crippen molar-refractivity contribution in [2.24, 2.45) is 0 Å². The van der Waals surface area contributed by atoms with Crippen LogP contribution in [0, 0.1) is 6.92 Å². The lowest BCUT2D eigenvalue weighted by Gasteiger charge is -2.19. The van der Waals surface area contributed by atoms with Crippen molar-refractivity contribution in [3.05, 3.63) is 71.4 Å². The van der Waals surface area contributed by atoms with Crippen LogP contribution < -0.4 is 0 Å². The smallest absolute Gasteiger partial charge is 0.195 e. The molecule has 1 N–H and O–H groups in total. The highest BCUT2D eigenvalue weighted by molar-refractivity contribution is 6.17. The monoisotopic (exact) mass is 321 g/mol. The van der Waals surface area contributed by atoms with E-state index in [9.17, 15) is 9.90 Å². The molecule has 0 radical (unpaired) electrons. The first-order chi connectivity index (χ1) is 11.7. The molecule has 0 aliphatic carbocycles. The molecule has 0 aliphatic rings. The third kappa shape index (κ3) is 2.76. The maximum Gasteiger partial charge on any atom is 0.195 e. The molecule has 1 heterocycles. The number of ketones is 1. The molecule has 0 aliphatic heterocycles. The van der Waals surface area contributed by atoms with Gasteiger partial charge >= 0.3 is 0 Å². The lowest BCUT2D eigenvalue weighted by atomic mass is 10.0. The van der Waals surface area contributed by atoms with Gasteiger partial charge in [-0.3, -0.25) is 4.79 Å². The Labute approximate surface area is 142 Å². The van der Waals surface area contributed by atoms with E-state index in [-0.39, 0.29) is 18.4 Å². The van der Waals surface area contributed by atoms with E-state index in [1.807, 2.05) is 55.5 Å². The zero-order chi connectivity index (χ0) is 17.1. The average molecular weight is 321 g/mol. The Morgan fingerprint density at radius 1 is 1.08 bits per heavy atom. The van der Waals surface area contributed by atoms with Crippen molar-refractivity contribution in [3.63, 3.8) is 0 Å². The van der Waals surface area contributed by atoms with Crippen molar-refractivity contribution in [1.29, 1.82) is 0 Å². The predicted molar refractivity (Wildman–Crippen MR) is 97.6 cm³/mol. The minimum absolute atomic E-state index is 0.0573. The number of benzene rings is 2. The predicted octanol–water partition coefficient (Wildman–Crippen LogP) is 4.51. The molecule has 0 spiro atoms. The number of rotatable bonds is 6. The zero-order valence-electron chi connectivity index (χ0n) is 14.2. The van der Waals surface area contributed by atoms with Crippen LogP contribution in [0.25, 0.3) is 10.9 Å². The van der Waals surface area contributed by atoms with Crippen LogP contribution in [0.3, 0.4) is 0 Å². The Balaban J connectivity index is 2.22. The summed E-state index contributed by atoms with van der Waals surface area (Å²) < 4.78 is 2.22. The van der Waals surface area contributed by atoms with Gasteiger partial charge in [0.1, 0.15) is 0 Å². The number of hydrogen-bond acceptors (Lipinski definition) is 2. The summed E-state index contributed by atoms with van der Waals surface area (Å²) >= 11 is 0. The maximum absolute atomic E-state index is 13.1. The van der Waals surface area contributed by atoms with Gasteiger partial charge < -0.3 is 9.67 Å². The van der Waals surface area contributed by atoms with Crippen LogP contribution in [0.5, 0.6) is 0 Å². The molecule has 1 atom stereocenters. The van der Waals surface area contributed by atoms with Gasteiger partial charge in [-0.25, -0.2) is 0 Å². The number of aromatic nitrogens is 1. The van der Waals surface area contributed by atoms with Crippen LogP contribution in [0.1, 0.15) is 47.4 Å². The molecule has 3 rings (SSSR count). The van der Waals surface area contributed by atoms with Gasteiger partial charge in [-0.2, -0.15) is 0 Å². The number of fused-ring (bicyclic) bond motifs is 1. The van der Waals surface area contributed by atoms with Crippen LogP contribution >= 0.6 is 0 Å². The van der Waals surface area contributed by atoms with Crippen molar-refractivity contribution in [3.8, 4) is 0 Å². The highest BCUT2D eigenvalue weighted by Crippen LogP contribution is 2.32. The van der Waals surface area contributed by atoms with E-state index in [2.05, 4.69) is 17.6 Å². The van der Waals surface area contributed by atoms with E-state index in [1.165, 1.54) is 0 Å². The molecule has 1 aromatic heterocycles. The number of aliphatic hydroxyl groups excluding tert-OH is 1. The van der Waals surface area contributed by atoms with Gasteiger partial charge in [0.25, 0.3) is 0 Å². The SMILES string of the molecule is CCC(CCO)n1c(C)c(C(=O)c2ccccc2)c2ccccc21. The molecular formula is C21H23NO2. The number of para-hydroxylation sites is 1. The molecule has 0 amide bonds. The summed E-state index contributed by atoms with van der Waals surface area (Å²) in [7, 11) is 0. The summed E-state index contributed by atoms with van der Waals surface area (Å²) in [5.41, 5.74) is 3.52. The zero-order valence-corrected chi connectivity index (χ0v) is 14.2. The molecule has 124 valence electrons. The minimum atomic E-state index is 0.0573. The first kappa shape index (κ1) is 16.5. The van der Waals surface area contributed by atoms with E-state index in [0.717, 1.165) is 28.6 Å². The van der Waals surface area contributed by atoms with Crippen LogP contribution in [-0.2, 0) is 0 Å². The van der Waals surface area contributed by atoms with Gasteiger partial charge in [0, 0.05) is 34.8 Å². The summed E-state index contributed by atoms with van der Waals surface area (Å²) in [6.45, 7) is 4.27. The van der Waals surface area contributed by atoms with Gasteiger partial charge in [-0.05, 0) is 25.8 Å². The highest BCUT2D eigenvalue weighted by Gasteiger charge is 2.23. The topological polar surface area (TPSA) is 42.2 Å². The Bertz CT molecular complexity index is 849. The average Bonchev–Trinajstić information content (AvgIpc) is 2.92. The Kier molecular flexibility index (Phi) is 4.81. The molecule has 0 saturated heterocycles. The second-order valence-corrected chi connectivity index (χ2v) is 6.12. The van der Waals surface area contributed by atoms with Crippen LogP contribution in [0.2, 0.25) is 0 Å². The van der Waals surface area contributed by atoms with Gasteiger partial charge in [0.05, 0.1) is 5.56 Å². The maximum atomic E-state index is 13.1. The first-order valence-corrected chi connectivity index (χ1v) is 8.49. The molecule has 3 heteroatoms. The lowest BCUT2D eigenvalue weighted by molar-refractivity contribution is 0.103. The van der Waals surface area contributed by atoms with Crippen molar-refractivity contribution < 1.29 is 9.90 Å². The Morgan fingerprint density at radius 3 is 2.42 bits per heavy atom. The van der Waals surface area contributed by atoms with E-state index < -0.39 is 0 Å². The van der Waals surface area contributed by atoms with Crippen LogP contribution in [-0.4, -0.2) is 22.1 Å². The summed E-state index contributed by atoms with van der Waals surface area (Å²) in [6.07, 6.45) is 1.61. The van der Waals surface area contributed by atoms with E-state index in [4.69, 9.17) is 0 Å². The number of aliphatic hydroxyl groups is 1. The molecule has 2 aromatic carbocycles. The van der Waals surface area contributed by atoms with Crippen molar-refractivity contribution in [2.75, 3.05) is 6.61 Å². The van der Waals surface area contributed by atoms with Gasteiger partial charge in [-0.1, -0.05) is 55.5 Å². The molecular weight excluding hydrogens is 298 g/mol. The Hall–Kier alpha value is -2.39. The van der Waals surface area contributed by atoms with E-state index in [0.29, 0.717) is 12.0 Å². The molecule has 0 fully saturated rings. The van der Waals surface area contributed by atoms with Crippen molar-refractivity contribution in [1.82, 2.24) is 4.57 Å². The standard InChI is InChI=1S/C21H23NO2/c1-3-17(13-14-23)22-15(2)20(18-11-7-8-12-19(18)22)21(24)16-9-5-4-6-10-16/h4-12,17,23H,3,13-14H2,1-2H3. The quantitative estimate of drug-likeness (QED) is 0.679. The fraction of sp³-hybridized carbons (Fsp3) is 0.286. The highest BCUT2D eigenvalue weighted by atomic mass is 16.3. The van der Waals surface area contributed by atoms with Gasteiger partial charge in [-0.15, -0.1) is 0 Å². The lowest BCUT2D eigenvalue weighted by Crippen LogP contribution is -2.12. The summed E-state index contributed by atoms with van der Waals surface area (Å²) in [5, 5.41) is 10.4. The number of carbonyl (C=O) groups is 1. The van der Waals surface area contributed by atoms with Gasteiger partial charge in [0.15, 0.2) is 5.78 Å². The molecule has 3 nitrogen and oxygen atoms in total. The first-order valence-electron chi connectivity index (χ1n) is 8.49. The molecule has 0 saturated carbocycles. The van der Waals surface area contributed by atoms with Crippen molar-refractivity contribution in [2.45, 2.75) is 32.7 Å². The fourth-order valence-corrected chi connectivity index (χ4v) is 3.55. The third-order valence-electron chi connectivity index (χ3n) is 4.72. The van der Waals surface area contributed by atoms with Crippen LogP contribution in [0.4, 0.5) is 0 Å². The minimum Gasteiger partial charge on any atom is -0.396 e. The van der Waals surface area contributed by atoms with E-state index in [1.54, 1.807) is 0 Å². The van der Waals surface area contributed by atoms with Gasteiger partial charge in [0.2, 0.25) is 0 Å². The third-order valence-corrected chi connectivity index (χ3v) is 4.72. The number of nitrogens with zero attached hydrogens (tertiary/aromatic N) is 1. The fourth-order valence-electron chi connectivity index (χ4n) is 3.55. The van der Waals surface area contributed by atoms with Crippen molar-refractivity contribution >= 4 is 16.7 Å². The second kappa shape index (κ2) is 7.02. The summed E-state index contributed by atoms with van der Waals surface area (Å²) in [6, 6.07) is 17.7. The number of carbonyl (C=O) groups excluding carboxylic acids is 1. The normalized spacial score (nSPS) is 12.5. The summed E-state index contributed by atoms with van der Waals surface area (Å²) in [5.74, 6) is 0.0573. The molecule has 3 aromatic rings. The molecule has 1 unspecified atom stereocenters.